The van der Waals surface area contributed by atoms with Gasteiger partial charge < -0.3 is 10.2 Å². The molecule has 0 heterocycles. The molecule has 5 nitrogen and oxygen atoms in total. The number of hydrogen-bond acceptors (Lipinski definition) is 4. The number of nitrogens with zero attached hydrogens (tertiary/aromatic N) is 3. The first-order chi connectivity index (χ1) is 9.63. The van der Waals surface area contributed by atoms with E-state index in [-0.39, 0.29) is 19.0 Å². The van der Waals surface area contributed by atoms with Crippen molar-refractivity contribution < 1.29 is 4.79 Å². The third kappa shape index (κ3) is 4.00. The van der Waals surface area contributed by atoms with Crippen molar-refractivity contribution in [2.45, 2.75) is 20.3 Å². The summed E-state index contributed by atoms with van der Waals surface area (Å²) < 4.78 is 0. The largest absolute Gasteiger partial charge is 0.384 e. The first-order valence-corrected chi connectivity index (χ1v) is 6.51. The molecule has 1 rings (SSSR count). The van der Waals surface area contributed by atoms with E-state index in [1.165, 1.54) is 4.90 Å². The van der Waals surface area contributed by atoms with Crippen molar-refractivity contribution in [3.63, 3.8) is 0 Å². The molecule has 1 aromatic rings. The molecule has 0 fully saturated rings. The molecule has 0 unspecified atom stereocenters. The Hall–Kier alpha value is -2.53. The SMILES string of the molecule is CCCNc1ccc(C)cc1C(=O)N(CC#N)CC#N. The van der Waals surface area contributed by atoms with Crippen molar-refractivity contribution in [1.82, 2.24) is 4.90 Å². The molecule has 0 saturated heterocycles. The Morgan fingerprint density at radius 3 is 2.50 bits per heavy atom. The van der Waals surface area contributed by atoms with E-state index < -0.39 is 0 Å². The fraction of sp³-hybridized carbons (Fsp3) is 0.400. The maximum absolute atomic E-state index is 12.4. The van der Waals surface area contributed by atoms with Gasteiger partial charge in [0.15, 0.2) is 0 Å². The molecule has 0 bridgehead atoms. The molecular weight excluding hydrogens is 252 g/mol. The van der Waals surface area contributed by atoms with E-state index >= 15 is 0 Å². The lowest BCUT2D eigenvalue weighted by molar-refractivity contribution is 0.0795. The van der Waals surface area contributed by atoms with Crippen LogP contribution in [-0.4, -0.2) is 30.4 Å². The van der Waals surface area contributed by atoms with Crippen molar-refractivity contribution >= 4 is 11.6 Å². The van der Waals surface area contributed by atoms with Crippen LogP contribution in [0.4, 0.5) is 5.69 Å². The van der Waals surface area contributed by atoms with Gasteiger partial charge in [-0.05, 0) is 25.5 Å². The number of carbonyl (C=O) groups excluding carboxylic acids is 1. The van der Waals surface area contributed by atoms with Crippen LogP contribution >= 0.6 is 0 Å². The standard InChI is InChI=1S/C15H18N4O/c1-3-8-18-14-5-4-12(2)11-13(14)15(20)19(9-6-16)10-7-17/h4-5,11,18H,3,8-10H2,1-2H3. The molecular formula is C15H18N4O. The molecule has 104 valence electrons. The van der Waals surface area contributed by atoms with Crippen LogP contribution in [0.25, 0.3) is 0 Å². The zero-order chi connectivity index (χ0) is 15.0. The average Bonchev–Trinajstić information content (AvgIpc) is 2.45. The van der Waals surface area contributed by atoms with E-state index in [1.54, 1.807) is 6.07 Å². The molecule has 20 heavy (non-hydrogen) atoms. The monoisotopic (exact) mass is 270 g/mol. The van der Waals surface area contributed by atoms with Crippen LogP contribution in [0.5, 0.6) is 0 Å². The van der Waals surface area contributed by atoms with Crippen molar-refractivity contribution in [1.29, 1.82) is 10.5 Å². The van der Waals surface area contributed by atoms with Gasteiger partial charge >= 0.3 is 0 Å². The summed E-state index contributed by atoms with van der Waals surface area (Å²) in [6.45, 7) is 4.53. The zero-order valence-corrected chi connectivity index (χ0v) is 11.8. The van der Waals surface area contributed by atoms with Crippen LogP contribution in [-0.2, 0) is 0 Å². The van der Waals surface area contributed by atoms with Gasteiger partial charge in [0.1, 0.15) is 13.1 Å². The highest BCUT2D eigenvalue weighted by molar-refractivity contribution is 6.00. The summed E-state index contributed by atoms with van der Waals surface area (Å²) in [5.41, 5.74) is 2.21. The fourth-order valence-electron chi connectivity index (χ4n) is 1.79. The summed E-state index contributed by atoms with van der Waals surface area (Å²) in [6, 6.07) is 9.39. The molecule has 0 radical (unpaired) electrons. The van der Waals surface area contributed by atoms with Crippen LogP contribution in [0.15, 0.2) is 18.2 Å². The minimum absolute atomic E-state index is 0.0897. The Labute approximate surface area is 119 Å². The zero-order valence-electron chi connectivity index (χ0n) is 11.8. The second-order valence-corrected chi connectivity index (χ2v) is 4.45. The van der Waals surface area contributed by atoms with Crippen molar-refractivity contribution in [2.24, 2.45) is 0 Å². The molecule has 0 spiro atoms. The van der Waals surface area contributed by atoms with Crippen LogP contribution < -0.4 is 5.32 Å². The minimum Gasteiger partial charge on any atom is -0.384 e. The number of benzene rings is 1. The highest BCUT2D eigenvalue weighted by atomic mass is 16.2. The Morgan fingerprint density at radius 1 is 1.30 bits per heavy atom. The maximum atomic E-state index is 12.4. The predicted octanol–water partition coefficient (Wildman–Crippen LogP) is 2.31. The van der Waals surface area contributed by atoms with Crippen molar-refractivity contribution in [3.05, 3.63) is 29.3 Å². The van der Waals surface area contributed by atoms with Gasteiger partial charge in [0, 0.05) is 12.2 Å². The number of rotatable bonds is 6. The van der Waals surface area contributed by atoms with Crippen LogP contribution in [0.3, 0.4) is 0 Å². The van der Waals surface area contributed by atoms with Gasteiger partial charge in [-0.3, -0.25) is 4.79 Å². The normalized spacial score (nSPS) is 9.40. The van der Waals surface area contributed by atoms with E-state index in [9.17, 15) is 4.79 Å². The number of anilines is 1. The number of nitriles is 2. The second kappa shape index (κ2) is 7.81. The van der Waals surface area contributed by atoms with E-state index in [2.05, 4.69) is 5.32 Å². The van der Waals surface area contributed by atoms with E-state index in [0.717, 1.165) is 24.2 Å². The molecule has 1 amide bonds. The summed E-state index contributed by atoms with van der Waals surface area (Å²) in [6.07, 6.45) is 0.946. The maximum Gasteiger partial charge on any atom is 0.257 e. The molecule has 0 aliphatic carbocycles. The lowest BCUT2D eigenvalue weighted by Gasteiger charge is -2.19. The summed E-state index contributed by atoms with van der Waals surface area (Å²) in [4.78, 5) is 13.7. The quantitative estimate of drug-likeness (QED) is 0.804. The van der Waals surface area contributed by atoms with E-state index in [1.807, 2.05) is 38.1 Å². The Bertz CT molecular complexity index is 538. The summed E-state index contributed by atoms with van der Waals surface area (Å²) in [5.74, 6) is -0.296. The second-order valence-electron chi connectivity index (χ2n) is 4.45. The van der Waals surface area contributed by atoms with E-state index in [4.69, 9.17) is 10.5 Å². The summed E-state index contributed by atoms with van der Waals surface area (Å²) >= 11 is 0. The van der Waals surface area contributed by atoms with Gasteiger partial charge in [-0.1, -0.05) is 18.6 Å². The topological polar surface area (TPSA) is 79.9 Å². The lowest BCUT2D eigenvalue weighted by atomic mass is 10.1. The van der Waals surface area contributed by atoms with Gasteiger partial charge in [0.2, 0.25) is 0 Å². The molecule has 5 heteroatoms. The highest BCUT2D eigenvalue weighted by Gasteiger charge is 2.18. The van der Waals surface area contributed by atoms with E-state index in [0.29, 0.717) is 5.56 Å². The van der Waals surface area contributed by atoms with Crippen molar-refractivity contribution in [3.8, 4) is 12.1 Å². The number of nitrogens with one attached hydrogen (secondary N) is 1. The lowest BCUT2D eigenvalue weighted by Crippen LogP contribution is -2.32. The first-order valence-electron chi connectivity index (χ1n) is 6.51. The van der Waals surface area contributed by atoms with Crippen LogP contribution in [0, 0.1) is 29.6 Å². The Balaban J connectivity index is 3.09. The van der Waals surface area contributed by atoms with Crippen LogP contribution in [0.1, 0.15) is 29.3 Å². The smallest absolute Gasteiger partial charge is 0.257 e. The Kier molecular flexibility index (Phi) is 6.06. The molecule has 0 aromatic heterocycles. The fourth-order valence-corrected chi connectivity index (χ4v) is 1.79. The van der Waals surface area contributed by atoms with Gasteiger partial charge in [-0.15, -0.1) is 0 Å². The minimum atomic E-state index is -0.296. The summed E-state index contributed by atoms with van der Waals surface area (Å²) in [7, 11) is 0. The number of carbonyl (C=O) groups is 1. The first kappa shape index (κ1) is 15.5. The number of amides is 1. The predicted molar refractivity (Wildman–Crippen MR) is 77.1 cm³/mol. The molecule has 0 atom stereocenters. The average molecular weight is 270 g/mol. The molecule has 0 aliphatic heterocycles. The third-order valence-corrected chi connectivity index (χ3v) is 2.78. The molecule has 0 aliphatic rings. The number of hydrogen-bond donors (Lipinski definition) is 1. The van der Waals surface area contributed by atoms with Gasteiger partial charge in [0.25, 0.3) is 5.91 Å². The van der Waals surface area contributed by atoms with Gasteiger partial charge in [-0.25, -0.2) is 0 Å². The third-order valence-electron chi connectivity index (χ3n) is 2.78. The molecule has 1 N–H and O–H groups in total. The van der Waals surface area contributed by atoms with Crippen molar-refractivity contribution in [2.75, 3.05) is 25.0 Å². The van der Waals surface area contributed by atoms with Gasteiger partial charge in [-0.2, -0.15) is 10.5 Å². The highest BCUT2D eigenvalue weighted by Crippen LogP contribution is 2.19. The molecule has 1 aromatic carbocycles. The Morgan fingerprint density at radius 2 is 1.95 bits per heavy atom. The van der Waals surface area contributed by atoms with Crippen LogP contribution in [0.2, 0.25) is 0 Å². The number of aryl methyl sites for hydroxylation is 1. The summed E-state index contributed by atoms with van der Waals surface area (Å²) in [5, 5.41) is 20.7. The van der Waals surface area contributed by atoms with Gasteiger partial charge in [0.05, 0.1) is 17.7 Å². The molecule has 0 saturated carbocycles.